The Hall–Kier alpha value is 4.29. The van der Waals surface area contributed by atoms with Gasteiger partial charge in [0.25, 0.3) is 0 Å². The SMILES string of the molecule is O=P(O)(O)O.O=S(=O)(O)O.[AlH3].[CaH2].[CaH2].[CaH2]. The van der Waals surface area contributed by atoms with Crippen LogP contribution in [0.1, 0.15) is 0 Å². The third kappa shape index (κ3) is 207. The molecular weight excluding hydrogens is 338 g/mol. The zero-order valence-corrected chi connectivity index (χ0v) is 6.03. The van der Waals surface area contributed by atoms with Crippen LogP contribution in [0.3, 0.4) is 0 Å². The van der Waals surface area contributed by atoms with Crippen molar-refractivity contribution in [1.29, 1.82) is 0 Å². The van der Waals surface area contributed by atoms with Crippen molar-refractivity contribution < 1.29 is 36.8 Å². The molecule has 0 saturated carbocycles. The molecule has 8 nitrogen and oxygen atoms in total. The topological polar surface area (TPSA) is 152 Å². The number of hydrogen-bond acceptors (Lipinski definition) is 3. The Balaban J connectivity index is -0.0000000178. The molecule has 0 aliphatic carbocycles. The van der Waals surface area contributed by atoms with Crippen LogP contribution >= 0.6 is 7.82 Å². The second-order valence-electron chi connectivity index (χ2n) is 0.961. The van der Waals surface area contributed by atoms with Gasteiger partial charge in [-0.15, -0.1) is 0 Å². The van der Waals surface area contributed by atoms with E-state index in [-0.39, 0.29) is 131 Å². The van der Waals surface area contributed by atoms with E-state index in [0.29, 0.717) is 0 Å². The normalized spacial score (nSPS) is 8.36. The summed E-state index contributed by atoms with van der Waals surface area (Å²) in [5.74, 6) is 0. The Morgan fingerprint density at radius 1 is 0.857 bits per heavy atom. The van der Waals surface area contributed by atoms with Crippen LogP contribution in [0.5, 0.6) is 0 Å². The van der Waals surface area contributed by atoms with Crippen LogP contribution in [0.2, 0.25) is 0 Å². The van der Waals surface area contributed by atoms with Crippen LogP contribution in [0.15, 0.2) is 0 Å². The minimum atomic E-state index is -4.67. The van der Waals surface area contributed by atoms with E-state index in [2.05, 4.69) is 0 Å². The van der Waals surface area contributed by atoms with Gasteiger partial charge in [0.15, 0.2) is 17.4 Å². The summed E-state index contributed by atoms with van der Waals surface area (Å²) < 4.78 is 40.5. The summed E-state index contributed by atoms with van der Waals surface area (Å²) in [5, 5.41) is 0. The standard InChI is InChI=1S/Al.3Ca.H3O4P.H2O4S.9H/c;;;;2*1-5(2,3)4;;;;;;;;;/h;;;;(H3,1,2,3,4);(H2,1,2,3,4);;;;;;;;;. The maximum absolute atomic E-state index is 8.88. The molecule has 0 rings (SSSR count). The van der Waals surface area contributed by atoms with Gasteiger partial charge in [-0.25, -0.2) is 4.57 Å². The van der Waals surface area contributed by atoms with E-state index >= 15 is 0 Å². The Morgan fingerprint density at radius 2 is 0.857 bits per heavy atom. The minimum absolute atomic E-state index is 0. The molecule has 82 valence electrons. The summed E-state index contributed by atoms with van der Waals surface area (Å²) in [6, 6.07) is 0. The van der Waals surface area contributed by atoms with Crippen LogP contribution < -0.4 is 0 Å². The molecule has 14 heteroatoms. The fraction of sp³-hybridized carbons (Fsp3) is 0. The maximum atomic E-state index is 8.88. The van der Waals surface area contributed by atoms with Crippen molar-refractivity contribution in [3.05, 3.63) is 0 Å². The molecule has 0 spiro atoms. The Labute approximate surface area is 181 Å². The molecule has 0 unspecified atom stereocenters. The first kappa shape index (κ1) is 36.2. The van der Waals surface area contributed by atoms with Crippen molar-refractivity contribution >= 4 is 149 Å². The van der Waals surface area contributed by atoms with E-state index in [1.807, 2.05) is 0 Å². The van der Waals surface area contributed by atoms with Crippen LogP contribution in [0, 0.1) is 0 Å². The van der Waals surface area contributed by atoms with E-state index in [1.165, 1.54) is 0 Å². The van der Waals surface area contributed by atoms with Crippen molar-refractivity contribution in [2.75, 3.05) is 0 Å². The quantitative estimate of drug-likeness (QED) is 0.164. The van der Waals surface area contributed by atoms with Gasteiger partial charge in [0.05, 0.1) is 0 Å². The fourth-order valence-electron chi connectivity index (χ4n) is 0. The summed E-state index contributed by atoms with van der Waals surface area (Å²) in [6.07, 6.45) is 0. The first-order valence-electron chi connectivity index (χ1n) is 1.48. The predicted octanol–water partition coefficient (Wildman–Crippen LogP) is -5.51. The fourth-order valence-corrected chi connectivity index (χ4v) is 0. The average molecular weight is 352 g/mol. The zero-order chi connectivity index (χ0) is 9.00. The second kappa shape index (κ2) is 17.3. The summed E-state index contributed by atoms with van der Waals surface area (Å²) in [7, 11) is -9.31. The van der Waals surface area contributed by atoms with Crippen LogP contribution in [0.4, 0.5) is 0 Å². The average Bonchev–Trinajstić information content (AvgIpc) is 1.12. The molecule has 0 aliphatic heterocycles. The second-order valence-corrected chi connectivity index (χ2v) is 2.88. The molecule has 0 fully saturated rings. The zero-order valence-electron chi connectivity index (χ0n) is 4.32. The Morgan fingerprint density at radius 3 is 0.857 bits per heavy atom. The van der Waals surface area contributed by atoms with Gasteiger partial charge in [0.2, 0.25) is 0 Å². The molecule has 0 radical (unpaired) electrons. The molecule has 0 atom stereocenters. The summed E-state index contributed by atoms with van der Waals surface area (Å²) in [6.45, 7) is 0. The Kier molecular flexibility index (Phi) is 44.7. The monoisotopic (exact) mass is 352 g/mol. The summed E-state index contributed by atoms with van der Waals surface area (Å²) in [5.41, 5.74) is 0. The van der Waals surface area contributed by atoms with Gasteiger partial charge in [0, 0.05) is 0 Å². The van der Waals surface area contributed by atoms with Gasteiger partial charge in [-0.1, -0.05) is 0 Å². The number of hydrogen-bond donors (Lipinski definition) is 5. The van der Waals surface area contributed by atoms with Gasteiger partial charge < -0.3 is 14.7 Å². The predicted molar refractivity (Wildman–Crippen MR) is 64.0 cm³/mol. The van der Waals surface area contributed by atoms with Crippen LogP contribution in [0.25, 0.3) is 0 Å². The molecule has 0 aromatic rings. The third-order valence-electron chi connectivity index (χ3n) is 0. The van der Waals surface area contributed by atoms with Crippen LogP contribution in [-0.2, 0) is 15.0 Å². The molecule has 0 saturated heterocycles. The van der Waals surface area contributed by atoms with E-state index in [9.17, 15) is 0 Å². The molecule has 0 amide bonds. The molecular formula is H14AlCa3O8PS. The van der Waals surface area contributed by atoms with E-state index in [1.54, 1.807) is 0 Å². The molecule has 0 aliphatic rings. The van der Waals surface area contributed by atoms with E-state index in [0.717, 1.165) is 0 Å². The molecule has 0 heterocycles. The number of rotatable bonds is 0. The van der Waals surface area contributed by atoms with Crippen molar-refractivity contribution in [3.63, 3.8) is 0 Å². The molecule has 0 bridgehead atoms. The molecule has 14 heavy (non-hydrogen) atoms. The summed E-state index contributed by atoms with van der Waals surface area (Å²) in [4.78, 5) is 21.6. The van der Waals surface area contributed by atoms with Crippen LogP contribution in [-0.4, -0.2) is 163 Å². The number of phosphoric acid groups is 1. The third-order valence-corrected chi connectivity index (χ3v) is 0. The van der Waals surface area contributed by atoms with Crippen molar-refractivity contribution in [3.8, 4) is 0 Å². The van der Waals surface area contributed by atoms with Gasteiger partial charge in [-0.2, -0.15) is 8.42 Å². The van der Waals surface area contributed by atoms with Crippen molar-refractivity contribution in [2.24, 2.45) is 0 Å². The Bertz CT molecular complexity index is 202. The van der Waals surface area contributed by atoms with E-state index in [4.69, 9.17) is 36.8 Å². The van der Waals surface area contributed by atoms with Gasteiger partial charge >= 0.3 is 131 Å². The molecule has 0 aromatic carbocycles. The van der Waals surface area contributed by atoms with E-state index < -0.39 is 18.2 Å². The van der Waals surface area contributed by atoms with Crippen molar-refractivity contribution in [2.45, 2.75) is 0 Å². The van der Waals surface area contributed by atoms with Gasteiger partial charge in [-0.05, 0) is 0 Å². The summed E-state index contributed by atoms with van der Waals surface area (Å²) >= 11 is 0. The first-order chi connectivity index (χ1) is 4.00. The van der Waals surface area contributed by atoms with Crippen molar-refractivity contribution in [1.82, 2.24) is 0 Å². The molecule has 0 aromatic heterocycles. The van der Waals surface area contributed by atoms with Gasteiger partial charge in [0.1, 0.15) is 0 Å². The first-order valence-corrected chi connectivity index (χ1v) is 4.44. The van der Waals surface area contributed by atoms with Gasteiger partial charge in [-0.3, -0.25) is 9.11 Å². The molecule has 5 N–H and O–H groups in total.